The van der Waals surface area contributed by atoms with Gasteiger partial charge in [0.05, 0.1) is 35.7 Å². The minimum absolute atomic E-state index is 0.0418. The molecule has 0 fully saturated rings. The summed E-state index contributed by atoms with van der Waals surface area (Å²) in [4.78, 5) is 16.4. The molecule has 2 aromatic heterocycles. The second kappa shape index (κ2) is 10.2. The number of anilines is 2. The number of aryl methyl sites for hydroxylation is 1. The number of carbonyl (C=O) groups is 1. The lowest BCUT2D eigenvalue weighted by Gasteiger charge is -2.17. The zero-order valence-electron chi connectivity index (χ0n) is 19.4. The molecule has 0 aliphatic carbocycles. The fourth-order valence-corrected chi connectivity index (χ4v) is 3.71. The fraction of sp³-hybridized carbons (Fsp3) is 0.192. The predicted molar refractivity (Wildman–Crippen MR) is 127 cm³/mol. The van der Waals surface area contributed by atoms with Gasteiger partial charge in [-0.2, -0.15) is 18.3 Å². The van der Waals surface area contributed by atoms with E-state index in [9.17, 15) is 18.0 Å². The lowest BCUT2D eigenvalue weighted by molar-refractivity contribution is -0.142. The van der Waals surface area contributed by atoms with Gasteiger partial charge in [0.1, 0.15) is 11.6 Å². The Morgan fingerprint density at radius 3 is 2.44 bits per heavy atom. The minimum Gasteiger partial charge on any atom is -0.466 e. The molecule has 0 aliphatic heterocycles. The number of benzene rings is 2. The highest BCUT2D eigenvalue weighted by molar-refractivity contribution is 5.81. The number of halogens is 4. The molecular formula is C26H22F4N4O2. The second-order valence-electron chi connectivity index (χ2n) is 7.92. The summed E-state index contributed by atoms with van der Waals surface area (Å²) in [7, 11) is 1.57. The lowest BCUT2D eigenvalue weighted by atomic mass is 10.0. The van der Waals surface area contributed by atoms with Crippen molar-refractivity contribution in [3.8, 4) is 22.4 Å². The second-order valence-corrected chi connectivity index (χ2v) is 7.92. The van der Waals surface area contributed by atoms with Crippen LogP contribution in [0.5, 0.6) is 0 Å². The average molecular weight is 498 g/mol. The highest BCUT2D eigenvalue weighted by atomic mass is 19.4. The molecule has 36 heavy (non-hydrogen) atoms. The van der Waals surface area contributed by atoms with Crippen molar-refractivity contribution in [3.63, 3.8) is 0 Å². The number of nitrogens with one attached hydrogen (secondary N) is 1. The van der Waals surface area contributed by atoms with Crippen LogP contribution in [0, 0.1) is 5.82 Å². The van der Waals surface area contributed by atoms with Crippen LogP contribution in [0.3, 0.4) is 0 Å². The van der Waals surface area contributed by atoms with E-state index in [4.69, 9.17) is 4.74 Å². The van der Waals surface area contributed by atoms with E-state index in [1.165, 1.54) is 16.9 Å². The van der Waals surface area contributed by atoms with Crippen LogP contribution in [0.1, 0.15) is 18.2 Å². The van der Waals surface area contributed by atoms with Gasteiger partial charge in [0.25, 0.3) is 0 Å². The summed E-state index contributed by atoms with van der Waals surface area (Å²) in [6, 6.07) is 15.4. The maximum Gasteiger partial charge on any atom is 0.417 e. The van der Waals surface area contributed by atoms with E-state index < -0.39 is 23.5 Å². The third-order valence-corrected chi connectivity index (χ3v) is 5.32. The number of nitrogens with zero attached hydrogens (tertiary/aromatic N) is 3. The molecule has 2 aromatic carbocycles. The zero-order valence-corrected chi connectivity index (χ0v) is 19.4. The number of hydrogen-bond acceptors (Lipinski definition) is 5. The summed E-state index contributed by atoms with van der Waals surface area (Å²) in [6.45, 7) is 1.89. The normalized spacial score (nSPS) is 11.4. The van der Waals surface area contributed by atoms with Gasteiger partial charge in [-0.1, -0.05) is 30.3 Å². The molecule has 4 rings (SSSR count). The molecule has 0 aliphatic rings. The number of aromatic nitrogens is 3. The molecule has 186 valence electrons. The third-order valence-electron chi connectivity index (χ3n) is 5.32. The molecule has 0 saturated heterocycles. The van der Waals surface area contributed by atoms with Gasteiger partial charge < -0.3 is 10.1 Å². The Bertz CT molecular complexity index is 1380. The molecule has 0 unspecified atom stereocenters. The fourth-order valence-electron chi connectivity index (χ4n) is 3.71. The third kappa shape index (κ3) is 5.54. The lowest BCUT2D eigenvalue weighted by Crippen LogP contribution is -2.11. The molecule has 0 atom stereocenters. The first kappa shape index (κ1) is 24.9. The molecule has 0 radical (unpaired) electrons. The monoisotopic (exact) mass is 498 g/mol. The van der Waals surface area contributed by atoms with Gasteiger partial charge in [-0.3, -0.25) is 9.48 Å². The van der Waals surface area contributed by atoms with Crippen molar-refractivity contribution in [2.75, 3.05) is 11.9 Å². The summed E-state index contributed by atoms with van der Waals surface area (Å²) >= 11 is 0. The molecular weight excluding hydrogens is 476 g/mol. The van der Waals surface area contributed by atoms with Crippen LogP contribution in [0.25, 0.3) is 22.4 Å². The highest BCUT2D eigenvalue weighted by Gasteiger charge is 2.35. The maximum absolute atomic E-state index is 15.0. The Kier molecular flexibility index (Phi) is 7.05. The number of ether oxygens (including phenoxy) is 1. The van der Waals surface area contributed by atoms with Crippen LogP contribution in [-0.4, -0.2) is 27.3 Å². The molecule has 0 spiro atoms. The highest BCUT2D eigenvalue weighted by Crippen LogP contribution is 2.40. The molecule has 0 amide bonds. The van der Waals surface area contributed by atoms with E-state index in [-0.39, 0.29) is 35.8 Å². The van der Waals surface area contributed by atoms with Gasteiger partial charge in [-0.15, -0.1) is 0 Å². The zero-order chi connectivity index (χ0) is 25.9. The molecule has 1 N–H and O–H groups in total. The van der Waals surface area contributed by atoms with Crippen molar-refractivity contribution >= 4 is 17.5 Å². The van der Waals surface area contributed by atoms with Crippen LogP contribution < -0.4 is 5.32 Å². The molecule has 2 heterocycles. The first-order valence-electron chi connectivity index (χ1n) is 11.0. The topological polar surface area (TPSA) is 69.0 Å². The van der Waals surface area contributed by atoms with Crippen molar-refractivity contribution in [1.29, 1.82) is 0 Å². The molecule has 0 bridgehead atoms. The summed E-state index contributed by atoms with van der Waals surface area (Å²) in [5.74, 6) is -1.42. The summed E-state index contributed by atoms with van der Waals surface area (Å²) in [6.07, 6.45) is -3.41. The average Bonchev–Trinajstić information content (AvgIpc) is 3.26. The van der Waals surface area contributed by atoms with Crippen LogP contribution in [0.2, 0.25) is 0 Å². The Balaban J connectivity index is 1.82. The molecule has 4 aromatic rings. The summed E-state index contributed by atoms with van der Waals surface area (Å²) < 4.78 is 62.5. The van der Waals surface area contributed by atoms with E-state index in [2.05, 4.69) is 15.4 Å². The number of hydrogen-bond donors (Lipinski definition) is 1. The van der Waals surface area contributed by atoms with Gasteiger partial charge in [-0.25, -0.2) is 9.37 Å². The molecule has 6 nitrogen and oxygen atoms in total. The molecule has 0 saturated carbocycles. The minimum atomic E-state index is -4.79. The summed E-state index contributed by atoms with van der Waals surface area (Å²) in [5, 5.41) is 6.90. The van der Waals surface area contributed by atoms with Gasteiger partial charge in [0.2, 0.25) is 0 Å². The SMILES string of the molecule is CCOC(=O)Cc1ccc(-c2ccccc2)c(Nc2cc(-c3ccn(C)n3)c(C(F)(F)F)cc2F)n1. The van der Waals surface area contributed by atoms with Crippen molar-refractivity contribution in [2.45, 2.75) is 19.5 Å². The van der Waals surface area contributed by atoms with Gasteiger partial charge in [-0.05, 0) is 42.8 Å². The van der Waals surface area contributed by atoms with Crippen LogP contribution in [-0.2, 0) is 29.2 Å². The predicted octanol–water partition coefficient (Wildman–Crippen LogP) is 6.16. The Hall–Kier alpha value is -4.21. The number of carbonyl (C=O) groups excluding carboxylic acids is 1. The first-order chi connectivity index (χ1) is 17.2. The Labute approximate surface area is 204 Å². The Morgan fingerprint density at radius 2 is 1.81 bits per heavy atom. The standard InChI is InChI=1S/C26H22F4N4O2/c1-3-36-24(35)13-17-9-10-18(16-7-5-4-6-8-16)25(31-17)32-23-14-19(22-11-12-34(2)33-22)20(15-21(23)27)26(28,29)30/h4-12,14-15H,3,13H2,1-2H3,(H,31,32). The van der Waals surface area contributed by atoms with Gasteiger partial charge in [0, 0.05) is 24.4 Å². The van der Waals surface area contributed by atoms with Crippen molar-refractivity contribution in [2.24, 2.45) is 7.05 Å². The van der Waals surface area contributed by atoms with Crippen LogP contribution >= 0.6 is 0 Å². The number of alkyl halides is 3. The van der Waals surface area contributed by atoms with Crippen LogP contribution in [0.15, 0.2) is 66.9 Å². The van der Waals surface area contributed by atoms with Crippen molar-refractivity contribution in [1.82, 2.24) is 14.8 Å². The van der Waals surface area contributed by atoms with E-state index in [0.29, 0.717) is 17.3 Å². The van der Waals surface area contributed by atoms with Crippen molar-refractivity contribution < 1.29 is 27.1 Å². The quantitative estimate of drug-likeness (QED) is 0.244. The summed E-state index contributed by atoms with van der Waals surface area (Å²) in [5.41, 5.74) is 0.0662. The largest absolute Gasteiger partial charge is 0.466 e. The van der Waals surface area contributed by atoms with E-state index in [1.54, 1.807) is 26.1 Å². The smallest absolute Gasteiger partial charge is 0.417 e. The van der Waals surface area contributed by atoms with Crippen molar-refractivity contribution in [3.05, 3.63) is 83.9 Å². The van der Waals surface area contributed by atoms with Gasteiger partial charge in [0.15, 0.2) is 0 Å². The van der Waals surface area contributed by atoms with E-state index in [0.717, 1.165) is 11.6 Å². The van der Waals surface area contributed by atoms with Crippen LogP contribution in [0.4, 0.5) is 29.1 Å². The number of esters is 1. The molecule has 10 heteroatoms. The van der Waals surface area contributed by atoms with E-state index in [1.807, 2.05) is 30.3 Å². The number of rotatable bonds is 7. The Morgan fingerprint density at radius 1 is 1.06 bits per heavy atom. The first-order valence-corrected chi connectivity index (χ1v) is 11.0. The maximum atomic E-state index is 15.0. The number of pyridine rings is 1. The van der Waals surface area contributed by atoms with E-state index >= 15 is 4.39 Å². The van der Waals surface area contributed by atoms with Gasteiger partial charge >= 0.3 is 12.1 Å².